The SMILES string of the molecule is CCOc1ccc(/C(O)=C2/C(=O)C(=O)N(CCc3c[nH]c4ccccc34)C2c2ccc(Cl)cc2Cl)cc1. The van der Waals surface area contributed by atoms with Gasteiger partial charge in [-0.05, 0) is 66.9 Å². The van der Waals surface area contributed by atoms with Gasteiger partial charge in [0, 0.05) is 39.3 Å². The van der Waals surface area contributed by atoms with E-state index < -0.39 is 17.7 Å². The summed E-state index contributed by atoms with van der Waals surface area (Å²) < 4.78 is 5.48. The molecular weight excluding hydrogens is 511 g/mol. The number of ether oxygens (including phenoxy) is 1. The zero-order valence-corrected chi connectivity index (χ0v) is 21.5. The zero-order valence-electron chi connectivity index (χ0n) is 20.0. The summed E-state index contributed by atoms with van der Waals surface area (Å²) in [5.74, 6) is -1.09. The molecule has 1 atom stereocenters. The molecule has 2 heterocycles. The number of ketones is 1. The summed E-state index contributed by atoms with van der Waals surface area (Å²) in [4.78, 5) is 31.3. The van der Waals surface area contributed by atoms with Crippen molar-refractivity contribution in [3.63, 3.8) is 0 Å². The maximum absolute atomic E-state index is 13.3. The molecule has 5 rings (SSSR count). The van der Waals surface area contributed by atoms with Crippen LogP contribution in [0.2, 0.25) is 10.0 Å². The van der Waals surface area contributed by atoms with E-state index in [1.54, 1.807) is 42.5 Å². The largest absolute Gasteiger partial charge is 0.507 e. The summed E-state index contributed by atoms with van der Waals surface area (Å²) in [5, 5.41) is 13.1. The number of carbonyl (C=O) groups is 2. The minimum atomic E-state index is -0.874. The summed E-state index contributed by atoms with van der Waals surface area (Å²) in [6.07, 6.45) is 2.41. The number of amides is 1. The first-order valence-electron chi connectivity index (χ1n) is 11.9. The molecular formula is C29H24Cl2N2O4. The van der Waals surface area contributed by atoms with Gasteiger partial charge in [0.2, 0.25) is 0 Å². The lowest BCUT2D eigenvalue weighted by Gasteiger charge is -2.26. The third kappa shape index (κ3) is 4.70. The highest BCUT2D eigenvalue weighted by molar-refractivity contribution is 6.47. The first-order chi connectivity index (χ1) is 17.9. The Bertz CT molecular complexity index is 1520. The number of nitrogens with zero attached hydrogens (tertiary/aromatic N) is 1. The summed E-state index contributed by atoms with van der Waals surface area (Å²) >= 11 is 12.7. The van der Waals surface area contributed by atoms with Crippen LogP contribution in [-0.2, 0) is 16.0 Å². The van der Waals surface area contributed by atoms with Crippen LogP contribution in [0.4, 0.5) is 0 Å². The van der Waals surface area contributed by atoms with Crippen LogP contribution in [0.1, 0.15) is 29.7 Å². The minimum absolute atomic E-state index is 0.0164. The van der Waals surface area contributed by atoms with Gasteiger partial charge in [-0.2, -0.15) is 0 Å². The third-order valence-corrected chi connectivity index (χ3v) is 7.10. The van der Waals surface area contributed by atoms with Crippen molar-refractivity contribution in [3.8, 4) is 5.75 Å². The summed E-state index contributed by atoms with van der Waals surface area (Å²) in [6, 6.07) is 18.6. The van der Waals surface area contributed by atoms with E-state index in [-0.39, 0.29) is 17.9 Å². The summed E-state index contributed by atoms with van der Waals surface area (Å²) in [6.45, 7) is 2.62. The van der Waals surface area contributed by atoms with Crippen LogP contribution in [0, 0.1) is 0 Å². The number of aliphatic hydroxyl groups excluding tert-OH is 1. The number of para-hydroxylation sites is 1. The second-order valence-corrected chi connectivity index (χ2v) is 9.57. The monoisotopic (exact) mass is 534 g/mol. The number of Topliss-reactive ketones (excluding diaryl/α,β-unsaturated/α-hetero) is 1. The zero-order chi connectivity index (χ0) is 26.1. The molecule has 1 saturated heterocycles. The van der Waals surface area contributed by atoms with E-state index in [4.69, 9.17) is 27.9 Å². The van der Waals surface area contributed by atoms with Crippen molar-refractivity contribution < 1.29 is 19.4 Å². The Morgan fingerprint density at radius 2 is 1.81 bits per heavy atom. The van der Waals surface area contributed by atoms with E-state index in [9.17, 15) is 14.7 Å². The van der Waals surface area contributed by atoms with Crippen molar-refractivity contribution in [2.24, 2.45) is 0 Å². The number of hydrogen-bond acceptors (Lipinski definition) is 4. The van der Waals surface area contributed by atoms with Gasteiger partial charge in [0.05, 0.1) is 18.2 Å². The molecule has 0 aliphatic carbocycles. The molecule has 1 amide bonds. The van der Waals surface area contributed by atoms with E-state index >= 15 is 0 Å². The number of likely N-dealkylation sites (tertiary alicyclic amines) is 1. The molecule has 0 spiro atoms. The lowest BCUT2D eigenvalue weighted by molar-refractivity contribution is -0.139. The number of H-pyrrole nitrogens is 1. The van der Waals surface area contributed by atoms with Gasteiger partial charge in [-0.3, -0.25) is 9.59 Å². The van der Waals surface area contributed by atoms with E-state index in [1.165, 1.54) is 4.90 Å². The van der Waals surface area contributed by atoms with Crippen LogP contribution in [0.25, 0.3) is 16.7 Å². The predicted molar refractivity (Wildman–Crippen MR) is 145 cm³/mol. The summed E-state index contributed by atoms with van der Waals surface area (Å²) in [7, 11) is 0. The molecule has 0 bridgehead atoms. The molecule has 0 radical (unpaired) electrons. The van der Waals surface area contributed by atoms with E-state index in [2.05, 4.69) is 4.98 Å². The van der Waals surface area contributed by atoms with Gasteiger partial charge in [0.1, 0.15) is 11.5 Å². The molecule has 1 aliphatic heterocycles. The average molecular weight is 535 g/mol. The van der Waals surface area contributed by atoms with Crippen LogP contribution in [0.15, 0.2) is 78.5 Å². The number of carbonyl (C=O) groups excluding carboxylic acids is 2. The van der Waals surface area contributed by atoms with Crippen LogP contribution >= 0.6 is 23.2 Å². The number of nitrogens with one attached hydrogen (secondary N) is 1. The Labute approximate surface area is 224 Å². The highest BCUT2D eigenvalue weighted by Crippen LogP contribution is 2.42. The van der Waals surface area contributed by atoms with Gasteiger partial charge in [0.15, 0.2) is 0 Å². The first kappa shape index (κ1) is 24.9. The van der Waals surface area contributed by atoms with Crippen molar-refractivity contribution >= 4 is 51.6 Å². The topological polar surface area (TPSA) is 82.6 Å². The Morgan fingerprint density at radius 3 is 2.54 bits per heavy atom. The maximum Gasteiger partial charge on any atom is 0.295 e. The normalized spacial score (nSPS) is 17.1. The summed E-state index contributed by atoms with van der Waals surface area (Å²) in [5.41, 5.74) is 2.90. The number of rotatable bonds is 7. The Kier molecular flexibility index (Phi) is 6.96. The smallest absolute Gasteiger partial charge is 0.295 e. The van der Waals surface area contributed by atoms with Gasteiger partial charge >= 0.3 is 0 Å². The Hall–Kier alpha value is -3.74. The van der Waals surface area contributed by atoms with Crippen molar-refractivity contribution in [2.75, 3.05) is 13.2 Å². The van der Waals surface area contributed by atoms with Gasteiger partial charge in [-0.1, -0.05) is 47.5 Å². The number of aromatic amines is 1. The molecule has 1 fully saturated rings. The van der Waals surface area contributed by atoms with Gasteiger partial charge in [-0.15, -0.1) is 0 Å². The fourth-order valence-electron chi connectivity index (χ4n) is 4.77. The lowest BCUT2D eigenvalue weighted by Crippen LogP contribution is -2.31. The second-order valence-electron chi connectivity index (χ2n) is 8.73. The average Bonchev–Trinajstić information content (AvgIpc) is 3.41. The molecule has 2 N–H and O–H groups in total. The molecule has 6 nitrogen and oxygen atoms in total. The molecule has 188 valence electrons. The van der Waals surface area contributed by atoms with Gasteiger partial charge < -0.3 is 19.7 Å². The molecule has 4 aromatic rings. The van der Waals surface area contributed by atoms with E-state index in [1.807, 2.05) is 37.4 Å². The molecule has 0 saturated carbocycles. The highest BCUT2D eigenvalue weighted by Gasteiger charge is 2.46. The van der Waals surface area contributed by atoms with Crippen LogP contribution in [0.3, 0.4) is 0 Å². The van der Waals surface area contributed by atoms with Gasteiger partial charge in [0.25, 0.3) is 11.7 Å². The van der Waals surface area contributed by atoms with Crippen molar-refractivity contribution in [3.05, 3.63) is 105 Å². The fraction of sp³-hybridized carbons (Fsp3) is 0.172. The molecule has 8 heteroatoms. The first-order valence-corrected chi connectivity index (χ1v) is 12.7. The number of benzene rings is 3. The van der Waals surface area contributed by atoms with E-state index in [0.29, 0.717) is 39.9 Å². The number of aromatic nitrogens is 1. The van der Waals surface area contributed by atoms with Crippen LogP contribution in [0.5, 0.6) is 5.75 Å². The molecule has 3 aromatic carbocycles. The number of aliphatic hydroxyl groups is 1. The number of hydrogen-bond donors (Lipinski definition) is 2. The predicted octanol–water partition coefficient (Wildman–Crippen LogP) is 6.54. The standard InChI is InChI=1S/C29H24Cl2N2O4/c1-2-37-20-10-7-17(8-11-20)27(34)25-26(22-12-9-19(30)15-23(22)31)33(29(36)28(25)35)14-13-18-16-32-24-6-4-3-5-21(18)24/h3-12,15-16,26,32,34H,2,13-14H2,1H3/b27-25-. The van der Waals surface area contributed by atoms with Crippen molar-refractivity contribution in [1.82, 2.24) is 9.88 Å². The van der Waals surface area contributed by atoms with Crippen LogP contribution in [-0.4, -0.2) is 39.8 Å². The lowest BCUT2D eigenvalue weighted by atomic mass is 9.95. The third-order valence-electron chi connectivity index (χ3n) is 6.53. The highest BCUT2D eigenvalue weighted by atomic mass is 35.5. The van der Waals surface area contributed by atoms with Gasteiger partial charge in [-0.25, -0.2) is 0 Å². The minimum Gasteiger partial charge on any atom is -0.507 e. The van der Waals surface area contributed by atoms with Crippen LogP contribution < -0.4 is 4.74 Å². The van der Waals surface area contributed by atoms with Crippen molar-refractivity contribution in [2.45, 2.75) is 19.4 Å². The quantitative estimate of drug-likeness (QED) is 0.160. The molecule has 1 aromatic heterocycles. The molecule has 37 heavy (non-hydrogen) atoms. The Balaban J connectivity index is 1.57. The fourth-order valence-corrected chi connectivity index (χ4v) is 5.28. The molecule has 1 aliphatic rings. The van der Waals surface area contributed by atoms with E-state index in [0.717, 1.165) is 16.5 Å². The van der Waals surface area contributed by atoms with Crippen molar-refractivity contribution in [1.29, 1.82) is 0 Å². The second kappa shape index (κ2) is 10.3. The maximum atomic E-state index is 13.3. The Morgan fingerprint density at radius 1 is 1.05 bits per heavy atom. The number of fused-ring (bicyclic) bond motifs is 1. The number of halogens is 2. The molecule has 1 unspecified atom stereocenters.